The Kier molecular flexibility index (Phi) is 3.13. The second-order valence-electron chi connectivity index (χ2n) is 4.62. The van der Waals surface area contributed by atoms with Crippen LogP contribution in [0.15, 0.2) is 0 Å². The summed E-state index contributed by atoms with van der Waals surface area (Å²) in [7, 11) is 1.82. The van der Waals surface area contributed by atoms with Crippen molar-refractivity contribution < 1.29 is 4.74 Å². The Hall–Kier alpha value is -0.0800. The summed E-state index contributed by atoms with van der Waals surface area (Å²) >= 11 is 0. The van der Waals surface area contributed by atoms with Gasteiger partial charge in [-0.25, -0.2) is 0 Å². The summed E-state index contributed by atoms with van der Waals surface area (Å²) in [5, 5.41) is 0. The molecule has 0 N–H and O–H groups in total. The number of methoxy groups -OCH3 is 1. The van der Waals surface area contributed by atoms with E-state index in [0.717, 1.165) is 6.54 Å². The first-order valence-electron chi connectivity index (χ1n) is 4.82. The number of piperidine rings is 1. The van der Waals surface area contributed by atoms with Gasteiger partial charge in [-0.2, -0.15) is 0 Å². The molecule has 0 amide bonds. The minimum atomic E-state index is 0.303. The van der Waals surface area contributed by atoms with Gasteiger partial charge in [-0.1, -0.05) is 0 Å². The fourth-order valence-electron chi connectivity index (χ4n) is 1.74. The molecule has 1 aliphatic heterocycles. The van der Waals surface area contributed by atoms with Crippen molar-refractivity contribution in [2.45, 2.75) is 45.3 Å². The molecule has 0 aromatic heterocycles. The second-order valence-corrected chi connectivity index (χ2v) is 4.62. The first kappa shape index (κ1) is 10.0. The van der Waals surface area contributed by atoms with Crippen LogP contribution < -0.4 is 0 Å². The summed E-state index contributed by atoms with van der Waals surface area (Å²) in [5.41, 5.74) is 0.303. The summed E-state index contributed by atoms with van der Waals surface area (Å²) in [4.78, 5) is 2.50. The third kappa shape index (κ3) is 2.46. The molecule has 1 rings (SSSR count). The zero-order chi connectivity index (χ0) is 9.19. The summed E-state index contributed by atoms with van der Waals surface area (Å²) in [5.74, 6) is 0. The zero-order valence-corrected chi connectivity index (χ0v) is 8.76. The highest BCUT2D eigenvalue weighted by molar-refractivity contribution is 4.82. The summed E-state index contributed by atoms with van der Waals surface area (Å²) in [6.07, 6.45) is 2.96. The third-order valence-electron chi connectivity index (χ3n) is 2.66. The van der Waals surface area contributed by atoms with Gasteiger partial charge in [0.05, 0.1) is 6.10 Å². The van der Waals surface area contributed by atoms with Crippen molar-refractivity contribution in [1.29, 1.82) is 0 Å². The molecule has 1 heterocycles. The second kappa shape index (κ2) is 3.75. The quantitative estimate of drug-likeness (QED) is 0.597. The molecule has 0 bridgehead atoms. The predicted octanol–water partition coefficient (Wildman–Crippen LogP) is 1.90. The molecule has 1 atom stereocenters. The van der Waals surface area contributed by atoms with Crippen molar-refractivity contribution in [3.63, 3.8) is 0 Å². The third-order valence-corrected chi connectivity index (χ3v) is 2.66. The van der Waals surface area contributed by atoms with E-state index in [4.69, 9.17) is 4.74 Å². The molecule has 2 nitrogen and oxygen atoms in total. The van der Waals surface area contributed by atoms with E-state index in [1.54, 1.807) is 0 Å². The minimum Gasteiger partial charge on any atom is -0.380 e. The summed E-state index contributed by atoms with van der Waals surface area (Å²) in [6, 6.07) is 0. The van der Waals surface area contributed by atoms with E-state index < -0.39 is 0 Å². The van der Waals surface area contributed by atoms with Gasteiger partial charge in [0.1, 0.15) is 0 Å². The van der Waals surface area contributed by atoms with Crippen molar-refractivity contribution in [1.82, 2.24) is 4.90 Å². The molecular weight excluding hydrogens is 150 g/mol. The Balaban J connectivity index is 2.46. The standard InChI is InChI=1S/C10H21NO/c1-10(2,3)11-7-5-6-9(8-11)12-4/h9H,5-8H2,1-4H3/t9-/m0/s1. The normalized spacial score (nSPS) is 27.5. The maximum absolute atomic E-state index is 5.37. The Labute approximate surface area is 75.9 Å². The fourth-order valence-corrected chi connectivity index (χ4v) is 1.74. The predicted molar refractivity (Wildman–Crippen MR) is 51.4 cm³/mol. The number of rotatable bonds is 1. The van der Waals surface area contributed by atoms with Crippen molar-refractivity contribution in [2.24, 2.45) is 0 Å². The average Bonchev–Trinajstić information content (AvgIpc) is 2.03. The molecule has 0 aliphatic carbocycles. The molecule has 1 fully saturated rings. The van der Waals surface area contributed by atoms with E-state index in [1.165, 1.54) is 19.4 Å². The van der Waals surface area contributed by atoms with Gasteiger partial charge in [0.25, 0.3) is 0 Å². The van der Waals surface area contributed by atoms with Crippen LogP contribution >= 0.6 is 0 Å². The molecule has 0 aromatic carbocycles. The van der Waals surface area contributed by atoms with Crippen LogP contribution in [0, 0.1) is 0 Å². The lowest BCUT2D eigenvalue weighted by Crippen LogP contribution is -2.49. The van der Waals surface area contributed by atoms with E-state index in [1.807, 2.05) is 7.11 Å². The molecule has 1 saturated heterocycles. The lowest BCUT2D eigenvalue weighted by Gasteiger charge is -2.41. The van der Waals surface area contributed by atoms with Gasteiger partial charge in [-0.15, -0.1) is 0 Å². The largest absolute Gasteiger partial charge is 0.380 e. The molecule has 0 unspecified atom stereocenters. The Morgan fingerprint density at radius 2 is 2.00 bits per heavy atom. The molecule has 1 aliphatic rings. The Morgan fingerprint density at radius 3 is 2.50 bits per heavy atom. The maximum Gasteiger partial charge on any atom is 0.0698 e. The van der Waals surface area contributed by atoms with E-state index in [9.17, 15) is 0 Å². The van der Waals surface area contributed by atoms with Crippen molar-refractivity contribution in [3.05, 3.63) is 0 Å². The van der Waals surface area contributed by atoms with Crippen LogP contribution in [0.3, 0.4) is 0 Å². The van der Waals surface area contributed by atoms with Crippen molar-refractivity contribution in [3.8, 4) is 0 Å². The van der Waals surface area contributed by atoms with Crippen molar-refractivity contribution in [2.75, 3.05) is 20.2 Å². The Bertz CT molecular complexity index is 139. The Morgan fingerprint density at radius 1 is 1.33 bits per heavy atom. The molecule has 12 heavy (non-hydrogen) atoms. The molecule has 0 saturated carbocycles. The lowest BCUT2D eigenvalue weighted by atomic mass is 10.00. The number of nitrogens with zero attached hydrogens (tertiary/aromatic N) is 1. The van der Waals surface area contributed by atoms with E-state index in [-0.39, 0.29) is 0 Å². The van der Waals surface area contributed by atoms with Gasteiger partial charge in [0, 0.05) is 19.2 Å². The van der Waals surface area contributed by atoms with Crippen LogP contribution in [-0.2, 0) is 4.74 Å². The summed E-state index contributed by atoms with van der Waals surface area (Å²) in [6.45, 7) is 9.13. The monoisotopic (exact) mass is 171 g/mol. The molecule has 0 radical (unpaired) electrons. The zero-order valence-electron chi connectivity index (χ0n) is 8.76. The van der Waals surface area contributed by atoms with Crippen molar-refractivity contribution >= 4 is 0 Å². The first-order valence-corrected chi connectivity index (χ1v) is 4.82. The lowest BCUT2D eigenvalue weighted by molar-refractivity contribution is -0.00307. The summed E-state index contributed by atoms with van der Waals surface area (Å²) < 4.78 is 5.37. The van der Waals surface area contributed by atoms with Gasteiger partial charge < -0.3 is 4.74 Å². The highest BCUT2D eigenvalue weighted by Crippen LogP contribution is 2.20. The molecule has 0 aromatic rings. The molecule has 72 valence electrons. The minimum absolute atomic E-state index is 0.303. The van der Waals surface area contributed by atoms with Gasteiger partial charge in [0.15, 0.2) is 0 Å². The van der Waals surface area contributed by atoms with Crippen LogP contribution in [0.1, 0.15) is 33.6 Å². The fraction of sp³-hybridized carbons (Fsp3) is 1.00. The molecule has 0 spiro atoms. The highest BCUT2D eigenvalue weighted by atomic mass is 16.5. The van der Waals surface area contributed by atoms with E-state index in [2.05, 4.69) is 25.7 Å². The number of ether oxygens (including phenoxy) is 1. The van der Waals surface area contributed by atoms with Gasteiger partial charge in [-0.3, -0.25) is 4.90 Å². The van der Waals surface area contributed by atoms with Gasteiger partial charge in [-0.05, 0) is 40.2 Å². The number of hydrogen-bond donors (Lipinski definition) is 0. The van der Waals surface area contributed by atoms with E-state index in [0.29, 0.717) is 11.6 Å². The topological polar surface area (TPSA) is 12.5 Å². The van der Waals surface area contributed by atoms with E-state index >= 15 is 0 Å². The average molecular weight is 171 g/mol. The van der Waals surface area contributed by atoms with Crippen LogP contribution in [0.5, 0.6) is 0 Å². The SMILES string of the molecule is CO[C@H]1CCCN(C(C)(C)C)C1. The first-order chi connectivity index (χ1) is 5.54. The van der Waals surface area contributed by atoms with Crippen LogP contribution in [-0.4, -0.2) is 36.7 Å². The molecule has 2 heteroatoms. The van der Waals surface area contributed by atoms with Crippen LogP contribution in [0.4, 0.5) is 0 Å². The number of hydrogen-bond acceptors (Lipinski definition) is 2. The van der Waals surface area contributed by atoms with Gasteiger partial charge in [0.2, 0.25) is 0 Å². The van der Waals surface area contributed by atoms with Gasteiger partial charge >= 0.3 is 0 Å². The van der Waals surface area contributed by atoms with Crippen LogP contribution in [0.25, 0.3) is 0 Å². The smallest absolute Gasteiger partial charge is 0.0698 e. The van der Waals surface area contributed by atoms with Crippen LogP contribution in [0.2, 0.25) is 0 Å². The highest BCUT2D eigenvalue weighted by Gasteiger charge is 2.27. The number of likely N-dealkylation sites (tertiary alicyclic amines) is 1. The molecular formula is C10H21NO. The maximum atomic E-state index is 5.37.